The van der Waals surface area contributed by atoms with Crippen molar-refractivity contribution in [1.82, 2.24) is 24.1 Å². The number of para-hydroxylation sites is 3. The van der Waals surface area contributed by atoms with Crippen LogP contribution in [-0.2, 0) is 0 Å². The molecule has 61 heavy (non-hydrogen) atoms. The first-order valence-corrected chi connectivity index (χ1v) is 21.1. The molecule has 13 rings (SSSR count). The average molecular weight is 784 g/mol. The molecule has 0 saturated heterocycles. The molecule has 2 atom stereocenters. The fraction of sp³-hybridized carbons (Fsp3) is 0.0727. The molecule has 0 N–H and O–H groups in total. The van der Waals surface area contributed by atoms with Crippen LogP contribution in [0.15, 0.2) is 188 Å². The second kappa shape index (κ2) is 13.3. The van der Waals surface area contributed by atoms with Crippen LogP contribution >= 0.6 is 0 Å². The van der Waals surface area contributed by atoms with Crippen LogP contribution in [0.4, 0.5) is 0 Å². The van der Waals surface area contributed by atoms with E-state index in [4.69, 9.17) is 19.7 Å². The van der Waals surface area contributed by atoms with Gasteiger partial charge in [0.1, 0.15) is 11.9 Å². The molecule has 2 aliphatic carbocycles. The average Bonchev–Trinajstić information content (AvgIpc) is 3.98. The van der Waals surface area contributed by atoms with Crippen LogP contribution in [0.2, 0.25) is 0 Å². The van der Waals surface area contributed by atoms with E-state index in [2.05, 4.69) is 197 Å². The van der Waals surface area contributed by atoms with Gasteiger partial charge in [0.05, 0.1) is 27.6 Å². The fourth-order valence-electron chi connectivity index (χ4n) is 9.94. The Balaban J connectivity index is 1.09. The molecule has 3 aromatic heterocycles. The minimum atomic E-state index is -0.128. The molecule has 10 aromatic rings. The molecule has 2 unspecified atom stereocenters. The van der Waals surface area contributed by atoms with Gasteiger partial charge in [0.15, 0.2) is 11.6 Å². The van der Waals surface area contributed by atoms with Crippen LogP contribution in [0.25, 0.3) is 88.6 Å². The van der Waals surface area contributed by atoms with Crippen molar-refractivity contribution < 1.29 is 4.74 Å². The van der Waals surface area contributed by atoms with Gasteiger partial charge in [-0.3, -0.25) is 4.57 Å². The molecule has 0 spiro atoms. The topological polar surface area (TPSA) is 57.8 Å². The molecular weight excluding hydrogens is 747 g/mol. The lowest BCUT2D eigenvalue weighted by molar-refractivity contribution is 0.269. The highest BCUT2D eigenvalue weighted by atomic mass is 16.5. The molecule has 288 valence electrons. The van der Waals surface area contributed by atoms with Crippen molar-refractivity contribution in [1.29, 1.82) is 0 Å². The van der Waals surface area contributed by atoms with Crippen LogP contribution in [0.5, 0.6) is 5.75 Å². The minimum absolute atomic E-state index is 0.0494. The molecule has 6 nitrogen and oxygen atoms in total. The van der Waals surface area contributed by atoms with Gasteiger partial charge in [0.2, 0.25) is 5.95 Å². The van der Waals surface area contributed by atoms with Gasteiger partial charge >= 0.3 is 0 Å². The monoisotopic (exact) mass is 783 g/mol. The number of benzene rings is 7. The van der Waals surface area contributed by atoms with E-state index in [1.165, 1.54) is 32.7 Å². The highest BCUT2D eigenvalue weighted by Gasteiger charge is 2.36. The normalized spacial score (nSPS) is 16.9. The van der Waals surface area contributed by atoms with Crippen LogP contribution in [0.1, 0.15) is 35.7 Å². The molecule has 4 heterocycles. The van der Waals surface area contributed by atoms with Crippen LogP contribution in [0, 0.1) is 0 Å². The van der Waals surface area contributed by atoms with Crippen LogP contribution < -0.4 is 4.74 Å². The van der Waals surface area contributed by atoms with Gasteiger partial charge in [-0.05, 0) is 88.9 Å². The van der Waals surface area contributed by atoms with Gasteiger partial charge in [0, 0.05) is 38.7 Å². The molecule has 1 aliphatic heterocycles. The van der Waals surface area contributed by atoms with E-state index in [9.17, 15) is 0 Å². The molecule has 0 saturated carbocycles. The number of ether oxygens (including phenoxy) is 1. The maximum Gasteiger partial charge on any atom is 0.238 e. The predicted octanol–water partition coefficient (Wildman–Crippen LogP) is 13.1. The first kappa shape index (κ1) is 34.1. The number of nitrogens with zero attached hydrogens (tertiary/aromatic N) is 5. The Bertz CT molecular complexity index is 3530. The summed E-state index contributed by atoms with van der Waals surface area (Å²) in [6, 6.07) is 54.2. The lowest BCUT2D eigenvalue weighted by Gasteiger charge is -2.18. The van der Waals surface area contributed by atoms with E-state index < -0.39 is 0 Å². The SMILES string of the molecule is C1=CC2Oc3c(-c4nc(C5=CC=C(c6ccccc6)CC5)nc(-n5c6ccccc6c6ccccc65)n4)cc(-n4c5ccccc5c5cc6ccccc6cc54)cc3C2C=C1. The summed E-state index contributed by atoms with van der Waals surface area (Å²) in [5.74, 6) is 2.69. The standard InChI is InChI=1S/C55H37N5O/c1-2-14-34(15-3-1)35-26-28-36(29-27-35)53-56-54(58-55(57-53)60-48-23-11-6-18-40(48)41-19-7-12-24-49(41)60)46-33-39(32-45-43-21-9-13-25-51(43)61-52(45)46)59-47-22-10-8-20-42(47)44-30-37-16-4-5-17-38(37)31-50(44)59/h1-26,28,30-33,43,51H,27,29H2. The highest BCUT2D eigenvalue weighted by molar-refractivity contribution is 6.14. The zero-order chi connectivity index (χ0) is 40.0. The highest BCUT2D eigenvalue weighted by Crippen LogP contribution is 2.49. The summed E-state index contributed by atoms with van der Waals surface area (Å²) < 4.78 is 11.5. The molecule has 0 fully saturated rings. The second-order valence-electron chi connectivity index (χ2n) is 16.3. The molecule has 3 aliphatic rings. The van der Waals surface area contributed by atoms with Crippen molar-refractivity contribution >= 4 is 65.5 Å². The molecule has 0 bridgehead atoms. The largest absolute Gasteiger partial charge is 0.484 e. The Morgan fingerprint density at radius 3 is 1.84 bits per heavy atom. The van der Waals surface area contributed by atoms with Gasteiger partial charge in [-0.15, -0.1) is 0 Å². The van der Waals surface area contributed by atoms with Gasteiger partial charge in [-0.25, -0.2) is 4.98 Å². The summed E-state index contributed by atoms with van der Waals surface area (Å²) in [4.78, 5) is 16.2. The maximum atomic E-state index is 6.94. The van der Waals surface area contributed by atoms with Gasteiger partial charge in [-0.2, -0.15) is 9.97 Å². The van der Waals surface area contributed by atoms with Crippen molar-refractivity contribution in [3.63, 3.8) is 0 Å². The summed E-state index contributed by atoms with van der Waals surface area (Å²) in [7, 11) is 0. The number of aromatic nitrogens is 5. The van der Waals surface area contributed by atoms with Gasteiger partial charge in [-0.1, -0.05) is 140 Å². The number of fused-ring (bicyclic) bond motifs is 10. The molecule has 6 heteroatoms. The van der Waals surface area contributed by atoms with E-state index in [-0.39, 0.29) is 12.0 Å². The van der Waals surface area contributed by atoms with Gasteiger partial charge in [0.25, 0.3) is 0 Å². The van der Waals surface area contributed by atoms with Gasteiger partial charge < -0.3 is 9.30 Å². The second-order valence-corrected chi connectivity index (χ2v) is 16.3. The lowest BCUT2D eigenvalue weighted by atomic mass is 9.90. The Hall–Kier alpha value is -7.83. The lowest BCUT2D eigenvalue weighted by Crippen LogP contribution is -2.15. The van der Waals surface area contributed by atoms with Crippen molar-refractivity contribution in [3.05, 3.63) is 205 Å². The molecule has 0 amide bonds. The molecule has 7 aromatic carbocycles. The zero-order valence-corrected chi connectivity index (χ0v) is 33.1. The van der Waals surface area contributed by atoms with E-state index in [0.29, 0.717) is 17.6 Å². The zero-order valence-electron chi connectivity index (χ0n) is 33.1. The van der Waals surface area contributed by atoms with Crippen LogP contribution in [-0.4, -0.2) is 30.2 Å². The first-order valence-electron chi connectivity index (χ1n) is 21.1. The van der Waals surface area contributed by atoms with Crippen molar-refractivity contribution in [3.8, 4) is 28.8 Å². The van der Waals surface area contributed by atoms with Crippen molar-refractivity contribution in [2.45, 2.75) is 24.9 Å². The quantitative estimate of drug-likeness (QED) is 0.174. The Morgan fingerprint density at radius 2 is 1.10 bits per heavy atom. The summed E-state index contributed by atoms with van der Waals surface area (Å²) in [6.07, 6.45) is 14.6. The van der Waals surface area contributed by atoms with E-state index >= 15 is 0 Å². The first-order chi connectivity index (χ1) is 30.2. The van der Waals surface area contributed by atoms with Crippen molar-refractivity contribution in [2.24, 2.45) is 0 Å². The number of rotatable bonds is 5. The molecule has 0 radical (unpaired) electrons. The number of hydrogen-bond acceptors (Lipinski definition) is 4. The molecular formula is C55H37N5O. The maximum absolute atomic E-state index is 6.94. The van der Waals surface area contributed by atoms with Crippen LogP contribution in [0.3, 0.4) is 0 Å². The minimum Gasteiger partial charge on any atom is -0.484 e. The Labute approximate surface area is 351 Å². The number of hydrogen-bond donors (Lipinski definition) is 0. The van der Waals surface area contributed by atoms with E-state index in [0.717, 1.165) is 73.8 Å². The summed E-state index contributed by atoms with van der Waals surface area (Å²) in [5, 5.41) is 7.16. The predicted molar refractivity (Wildman–Crippen MR) is 249 cm³/mol. The summed E-state index contributed by atoms with van der Waals surface area (Å²) >= 11 is 0. The number of allylic oxidation sites excluding steroid dienone is 6. The summed E-state index contributed by atoms with van der Waals surface area (Å²) in [5.41, 5.74) is 11.0. The van der Waals surface area contributed by atoms with E-state index in [1.54, 1.807) is 0 Å². The summed E-state index contributed by atoms with van der Waals surface area (Å²) in [6.45, 7) is 0. The smallest absolute Gasteiger partial charge is 0.238 e. The van der Waals surface area contributed by atoms with Crippen molar-refractivity contribution in [2.75, 3.05) is 0 Å². The van der Waals surface area contributed by atoms with E-state index in [1.807, 2.05) is 0 Å². The Kier molecular flexibility index (Phi) is 7.45. The Morgan fingerprint density at radius 1 is 0.492 bits per heavy atom. The third-order valence-electron chi connectivity index (χ3n) is 12.8. The fourth-order valence-corrected chi connectivity index (χ4v) is 9.94. The third kappa shape index (κ3) is 5.32. The third-order valence-corrected chi connectivity index (χ3v) is 12.8.